The van der Waals surface area contributed by atoms with Crippen LogP contribution in [0, 0.1) is 23.8 Å². The number of carbonyl (C=O) groups is 1. The molecular weight excluding hydrogens is 709 g/mol. The third-order valence-electron chi connectivity index (χ3n) is 8.93. The molecule has 1 radical (unpaired) electrons. The van der Waals surface area contributed by atoms with Gasteiger partial charge in [0.2, 0.25) is 0 Å². The Bertz CT molecular complexity index is 1600. The number of aromatic nitrogens is 2. The number of nitrogens with zero attached hydrogens (tertiary/aromatic N) is 2. The molecule has 2 aromatic heterocycles. The fourth-order valence-corrected chi connectivity index (χ4v) is 6.50. The van der Waals surface area contributed by atoms with E-state index in [1.165, 1.54) is 44.3 Å². The second-order valence-corrected chi connectivity index (χ2v) is 12.6. The quantitative estimate of drug-likeness (QED) is 0.105. The maximum Gasteiger partial charge on any atom is 0.162 e. The molecule has 231 valence electrons. The van der Waals surface area contributed by atoms with Crippen LogP contribution in [-0.2, 0) is 36.7 Å². The molecule has 1 aliphatic rings. The molecule has 0 saturated heterocycles. The van der Waals surface area contributed by atoms with Gasteiger partial charge in [-0.2, -0.15) is 0 Å². The van der Waals surface area contributed by atoms with Crippen molar-refractivity contribution in [1.82, 2.24) is 9.97 Å². The third-order valence-corrected chi connectivity index (χ3v) is 8.93. The Labute approximate surface area is 271 Å². The predicted octanol–water partition coefficient (Wildman–Crippen LogP) is 9.96. The second-order valence-electron chi connectivity index (χ2n) is 12.6. The van der Waals surface area contributed by atoms with Gasteiger partial charge in [-0.05, 0) is 77.1 Å². The van der Waals surface area contributed by atoms with Crippen LogP contribution in [0.15, 0.2) is 60.8 Å². The monoisotopic (exact) mass is 756 g/mol. The summed E-state index contributed by atoms with van der Waals surface area (Å²) in [5, 5.41) is 14.7. The summed E-state index contributed by atoms with van der Waals surface area (Å²) in [6.07, 6.45) is 11.8. The first kappa shape index (κ1) is 34.6. The van der Waals surface area contributed by atoms with Crippen LogP contribution in [0.5, 0.6) is 0 Å². The summed E-state index contributed by atoms with van der Waals surface area (Å²) in [6, 6.07) is 14.6. The molecule has 0 aliphatic heterocycles. The summed E-state index contributed by atoms with van der Waals surface area (Å²) < 4.78 is 0. The van der Waals surface area contributed by atoms with Crippen molar-refractivity contribution in [1.29, 1.82) is 0 Å². The maximum absolute atomic E-state index is 11.7. The van der Waals surface area contributed by atoms with Gasteiger partial charge in [0.05, 0.1) is 5.76 Å². The molecule has 0 amide bonds. The molecule has 43 heavy (non-hydrogen) atoms. The average Bonchev–Trinajstić information content (AvgIpc) is 2.96. The minimum Gasteiger partial charge on any atom is -0.512 e. The zero-order valence-corrected chi connectivity index (χ0v) is 29.4. The molecule has 1 aliphatic carbocycles. The summed E-state index contributed by atoms with van der Waals surface area (Å²) in [4.78, 5) is 20.9. The molecule has 0 bridgehead atoms. The van der Waals surface area contributed by atoms with Crippen LogP contribution in [-0.4, -0.2) is 20.9 Å². The van der Waals surface area contributed by atoms with Crippen LogP contribution >= 0.6 is 0 Å². The molecule has 4 aromatic rings. The topological polar surface area (TPSA) is 63.1 Å². The molecule has 0 saturated carbocycles. The number of hydrogen-bond donors (Lipinski definition) is 1. The molecule has 5 rings (SSSR count). The number of hydrogen-bond acceptors (Lipinski definition) is 4. The van der Waals surface area contributed by atoms with Crippen molar-refractivity contribution in [2.24, 2.45) is 17.8 Å². The molecule has 0 atom stereocenters. The van der Waals surface area contributed by atoms with E-state index in [0.717, 1.165) is 43.4 Å². The van der Waals surface area contributed by atoms with Crippen molar-refractivity contribution in [2.45, 2.75) is 92.9 Å². The van der Waals surface area contributed by atoms with E-state index in [2.05, 4.69) is 69.1 Å². The number of pyridine rings is 2. The van der Waals surface area contributed by atoms with Crippen LogP contribution in [0.1, 0.15) is 97.8 Å². The van der Waals surface area contributed by atoms with Crippen LogP contribution < -0.4 is 0 Å². The Hall–Kier alpha value is -2.88. The first-order valence-corrected chi connectivity index (χ1v) is 15.7. The smallest absolute Gasteiger partial charge is 0.162 e. The fourth-order valence-electron chi connectivity index (χ4n) is 6.50. The summed E-state index contributed by atoms with van der Waals surface area (Å²) in [6.45, 7) is 17.3. The van der Waals surface area contributed by atoms with E-state index in [9.17, 15) is 9.90 Å². The van der Waals surface area contributed by atoms with Crippen LogP contribution in [0.4, 0.5) is 0 Å². The number of fused-ring (bicyclic) bond motifs is 4. The van der Waals surface area contributed by atoms with E-state index in [0.29, 0.717) is 5.92 Å². The second kappa shape index (κ2) is 14.7. The van der Waals surface area contributed by atoms with Crippen molar-refractivity contribution in [2.75, 3.05) is 0 Å². The number of benzene rings is 2. The maximum atomic E-state index is 11.7. The van der Waals surface area contributed by atoms with Gasteiger partial charge < -0.3 is 10.1 Å². The van der Waals surface area contributed by atoms with Crippen molar-refractivity contribution >= 4 is 27.3 Å². The summed E-state index contributed by atoms with van der Waals surface area (Å²) >= 11 is 0. The molecular formula is C38H47IrN2O2-. The third kappa shape index (κ3) is 7.10. The average molecular weight is 756 g/mol. The van der Waals surface area contributed by atoms with Gasteiger partial charge >= 0.3 is 0 Å². The zero-order chi connectivity index (χ0) is 30.6. The first-order valence-electron chi connectivity index (χ1n) is 15.7. The van der Waals surface area contributed by atoms with E-state index in [1.807, 2.05) is 46.3 Å². The number of ketones is 1. The standard InChI is InChI=1S/C25H23N2.C13H24O2.Ir/c1-15(2)11-16-12-18-8-10-27-24-19-6-5-17-7-9-26-14-20(17)23(19)25(3,4)21(13-16)22(18)24;1-5-10(6-2)12(14)9-13(15)11(7-3)8-4;/h5,7-10,12-15H,11H2,1-4H3;9-11,14H,5-8H2,1-4H3;/q-1;;/b;12-9-;. The molecule has 4 nitrogen and oxygen atoms in total. The van der Waals surface area contributed by atoms with Crippen molar-refractivity contribution in [3.63, 3.8) is 0 Å². The first-order chi connectivity index (χ1) is 20.1. The van der Waals surface area contributed by atoms with Crippen molar-refractivity contribution in [3.05, 3.63) is 83.5 Å². The molecule has 0 unspecified atom stereocenters. The van der Waals surface area contributed by atoms with Gasteiger partial charge in [0.15, 0.2) is 5.78 Å². The van der Waals surface area contributed by atoms with Crippen LogP contribution in [0.2, 0.25) is 0 Å². The van der Waals surface area contributed by atoms with Crippen molar-refractivity contribution < 1.29 is 30.0 Å². The van der Waals surface area contributed by atoms with Gasteiger partial charge in [-0.25, -0.2) is 0 Å². The van der Waals surface area contributed by atoms with Gasteiger partial charge in [-0.3, -0.25) is 9.78 Å². The molecule has 1 N–H and O–H groups in total. The normalized spacial score (nSPS) is 13.6. The van der Waals surface area contributed by atoms with E-state index < -0.39 is 0 Å². The Kier molecular flexibility index (Phi) is 11.9. The zero-order valence-electron chi connectivity index (χ0n) is 27.0. The van der Waals surface area contributed by atoms with E-state index in [1.54, 1.807) is 0 Å². The number of carbonyl (C=O) groups excluding carboxylic acids is 1. The van der Waals surface area contributed by atoms with Gasteiger partial charge in [0, 0.05) is 56.6 Å². The number of aliphatic hydroxyl groups is 1. The number of allylic oxidation sites excluding steroid dienone is 2. The Morgan fingerprint density at radius 1 is 0.977 bits per heavy atom. The Morgan fingerprint density at radius 3 is 2.26 bits per heavy atom. The molecule has 2 aromatic carbocycles. The summed E-state index contributed by atoms with van der Waals surface area (Å²) in [5.74, 6) is 1.18. The van der Waals surface area contributed by atoms with Crippen LogP contribution in [0.25, 0.3) is 32.8 Å². The molecule has 0 fully saturated rings. The minimum atomic E-state index is -0.129. The van der Waals surface area contributed by atoms with E-state index in [-0.39, 0.29) is 48.9 Å². The van der Waals surface area contributed by atoms with Crippen LogP contribution in [0.3, 0.4) is 0 Å². The number of rotatable bonds is 9. The molecule has 0 spiro atoms. The Morgan fingerprint density at radius 2 is 1.63 bits per heavy atom. The van der Waals surface area contributed by atoms with E-state index >= 15 is 0 Å². The van der Waals surface area contributed by atoms with Gasteiger partial charge in [0.1, 0.15) is 0 Å². The molecule has 2 heterocycles. The van der Waals surface area contributed by atoms with Gasteiger partial charge in [-0.15, -0.1) is 23.3 Å². The predicted molar refractivity (Wildman–Crippen MR) is 176 cm³/mol. The summed E-state index contributed by atoms with van der Waals surface area (Å²) in [7, 11) is 0. The summed E-state index contributed by atoms with van der Waals surface area (Å²) in [5.41, 5.74) is 6.12. The fraction of sp³-hybridized carbons (Fsp3) is 0.447. The van der Waals surface area contributed by atoms with Crippen molar-refractivity contribution in [3.8, 4) is 11.3 Å². The Balaban J connectivity index is 0.000000274. The molecule has 5 heteroatoms. The SMILES string of the molecule is CC(C)Cc1cc2c3c(nccc3c1)-c1[c-]cc3ccncc3c1C2(C)C.CCC(CC)C(=O)/C=C(\O)C(CC)CC.[Ir]. The number of aliphatic hydroxyl groups excluding tert-OH is 1. The largest absolute Gasteiger partial charge is 0.512 e. The van der Waals surface area contributed by atoms with E-state index in [4.69, 9.17) is 4.98 Å². The minimum absolute atomic E-state index is 0. The van der Waals surface area contributed by atoms with Gasteiger partial charge in [-0.1, -0.05) is 84.4 Å². The van der Waals surface area contributed by atoms with Gasteiger partial charge in [0.25, 0.3) is 0 Å².